The van der Waals surface area contributed by atoms with E-state index < -0.39 is 0 Å². The molecule has 1 aliphatic heterocycles. The molecule has 2 rings (SSSR count). The van der Waals surface area contributed by atoms with Gasteiger partial charge in [0.15, 0.2) is 0 Å². The van der Waals surface area contributed by atoms with Crippen LogP contribution in [-0.2, 0) is 4.79 Å². The molecular weight excluding hydrogens is 178 g/mol. The number of carbonyl (C=O) groups is 1. The van der Waals surface area contributed by atoms with Crippen LogP contribution in [0.2, 0.25) is 0 Å². The Morgan fingerprint density at radius 3 is 2.21 bits per heavy atom. The lowest BCUT2D eigenvalue weighted by Gasteiger charge is -2.45. The van der Waals surface area contributed by atoms with Crippen LogP contribution >= 0.6 is 0 Å². The Hall–Kier alpha value is -0.610. The molecule has 0 radical (unpaired) electrons. The molecule has 0 bridgehead atoms. The third-order valence-corrected chi connectivity index (χ3v) is 3.43. The van der Waals surface area contributed by atoms with Crippen molar-refractivity contribution < 1.29 is 4.79 Å². The number of nitrogens with two attached hydrogens (primary N) is 1. The maximum Gasteiger partial charge on any atom is 0.219 e. The molecule has 2 aliphatic rings. The normalized spacial score (nSPS) is 34.0. The summed E-state index contributed by atoms with van der Waals surface area (Å²) in [6.07, 6.45) is 2.28. The van der Waals surface area contributed by atoms with Gasteiger partial charge in [-0.15, -0.1) is 0 Å². The van der Waals surface area contributed by atoms with E-state index in [1.54, 1.807) is 6.92 Å². The second-order valence-corrected chi connectivity index (χ2v) is 4.43. The minimum Gasteiger partial charge on any atom is -0.340 e. The van der Waals surface area contributed by atoms with Crippen LogP contribution in [0.25, 0.3) is 0 Å². The van der Waals surface area contributed by atoms with E-state index in [1.807, 2.05) is 4.90 Å². The number of hydrogen-bond acceptors (Lipinski definition) is 3. The average Bonchev–Trinajstić information content (AvgIpc) is 2.13. The van der Waals surface area contributed by atoms with E-state index in [9.17, 15) is 4.79 Å². The molecule has 14 heavy (non-hydrogen) atoms. The lowest BCUT2D eigenvalue weighted by molar-refractivity contribution is -0.131. The SMILES string of the molecule is CC(=O)N1CCN(C2CC(N)C2)CC1. The van der Waals surface area contributed by atoms with Crippen molar-refractivity contribution in [3.8, 4) is 0 Å². The highest BCUT2D eigenvalue weighted by Gasteiger charge is 2.33. The second kappa shape index (κ2) is 3.87. The zero-order valence-corrected chi connectivity index (χ0v) is 8.78. The summed E-state index contributed by atoms with van der Waals surface area (Å²) in [5.74, 6) is 0.204. The van der Waals surface area contributed by atoms with Crippen molar-refractivity contribution in [1.29, 1.82) is 0 Å². The number of amides is 1. The molecular formula is C10H19N3O. The fraction of sp³-hybridized carbons (Fsp3) is 0.900. The third kappa shape index (κ3) is 1.91. The van der Waals surface area contributed by atoms with Crippen LogP contribution in [0.5, 0.6) is 0 Å². The highest BCUT2D eigenvalue weighted by molar-refractivity contribution is 5.73. The number of carbonyl (C=O) groups excluding carboxylic acids is 1. The Morgan fingerprint density at radius 1 is 1.21 bits per heavy atom. The summed E-state index contributed by atoms with van der Waals surface area (Å²) in [4.78, 5) is 15.5. The van der Waals surface area contributed by atoms with Crippen LogP contribution in [0.3, 0.4) is 0 Å². The van der Waals surface area contributed by atoms with E-state index in [-0.39, 0.29) is 5.91 Å². The van der Waals surface area contributed by atoms with E-state index in [0.29, 0.717) is 12.1 Å². The van der Waals surface area contributed by atoms with Gasteiger partial charge >= 0.3 is 0 Å². The standard InChI is InChI=1S/C10H19N3O/c1-8(14)12-2-4-13(5-3-12)10-6-9(11)7-10/h9-10H,2-7,11H2,1H3. The minimum absolute atomic E-state index is 0.204. The summed E-state index contributed by atoms with van der Waals surface area (Å²) in [7, 11) is 0. The zero-order valence-electron chi connectivity index (χ0n) is 8.78. The first-order valence-corrected chi connectivity index (χ1v) is 5.42. The highest BCUT2D eigenvalue weighted by atomic mass is 16.2. The first-order valence-electron chi connectivity index (χ1n) is 5.42. The van der Waals surface area contributed by atoms with Crippen LogP contribution in [0.15, 0.2) is 0 Å². The number of hydrogen-bond donors (Lipinski definition) is 1. The molecule has 0 unspecified atom stereocenters. The molecule has 2 fully saturated rings. The first kappa shape index (κ1) is 9.93. The Labute approximate surface area is 85.0 Å². The van der Waals surface area contributed by atoms with Crippen molar-refractivity contribution in [1.82, 2.24) is 9.80 Å². The van der Waals surface area contributed by atoms with Crippen LogP contribution in [0.1, 0.15) is 19.8 Å². The average molecular weight is 197 g/mol. The molecule has 1 aliphatic carbocycles. The van der Waals surface area contributed by atoms with Crippen LogP contribution in [-0.4, -0.2) is 54.0 Å². The summed E-state index contributed by atoms with van der Waals surface area (Å²) in [6, 6.07) is 1.12. The molecule has 2 N–H and O–H groups in total. The van der Waals surface area contributed by atoms with E-state index in [4.69, 9.17) is 5.73 Å². The number of piperazine rings is 1. The molecule has 0 spiro atoms. The van der Waals surface area contributed by atoms with Gasteiger partial charge in [-0.25, -0.2) is 0 Å². The molecule has 1 amide bonds. The van der Waals surface area contributed by atoms with Gasteiger partial charge < -0.3 is 10.6 Å². The molecule has 80 valence electrons. The summed E-state index contributed by atoms with van der Waals surface area (Å²) in [5, 5.41) is 0. The summed E-state index contributed by atoms with van der Waals surface area (Å²) < 4.78 is 0. The molecule has 0 aromatic heterocycles. The topological polar surface area (TPSA) is 49.6 Å². The smallest absolute Gasteiger partial charge is 0.219 e. The number of rotatable bonds is 1. The van der Waals surface area contributed by atoms with Gasteiger partial charge in [0, 0.05) is 45.2 Å². The van der Waals surface area contributed by atoms with Crippen molar-refractivity contribution in [2.75, 3.05) is 26.2 Å². The minimum atomic E-state index is 0.204. The van der Waals surface area contributed by atoms with Gasteiger partial charge in [-0.1, -0.05) is 0 Å². The Bertz CT molecular complexity index is 217. The molecule has 0 aromatic rings. The van der Waals surface area contributed by atoms with Gasteiger partial charge in [0.25, 0.3) is 0 Å². The maximum absolute atomic E-state index is 11.1. The molecule has 0 aromatic carbocycles. The van der Waals surface area contributed by atoms with Gasteiger partial charge in [0.1, 0.15) is 0 Å². The fourth-order valence-corrected chi connectivity index (χ4v) is 2.33. The molecule has 1 saturated carbocycles. The third-order valence-electron chi connectivity index (χ3n) is 3.43. The van der Waals surface area contributed by atoms with Gasteiger partial charge in [0.2, 0.25) is 5.91 Å². The van der Waals surface area contributed by atoms with E-state index in [1.165, 1.54) is 0 Å². The van der Waals surface area contributed by atoms with Crippen molar-refractivity contribution in [2.45, 2.75) is 31.8 Å². The quantitative estimate of drug-likeness (QED) is 0.624. The Morgan fingerprint density at radius 2 is 1.79 bits per heavy atom. The molecule has 0 atom stereocenters. The first-order chi connectivity index (χ1) is 6.66. The monoisotopic (exact) mass is 197 g/mol. The lowest BCUT2D eigenvalue weighted by atomic mass is 9.86. The second-order valence-electron chi connectivity index (χ2n) is 4.43. The van der Waals surface area contributed by atoms with Gasteiger partial charge in [-0.05, 0) is 12.8 Å². The van der Waals surface area contributed by atoms with Crippen LogP contribution < -0.4 is 5.73 Å². The van der Waals surface area contributed by atoms with Crippen molar-refractivity contribution in [2.24, 2.45) is 5.73 Å². The van der Waals surface area contributed by atoms with E-state index in [2.05, 4.69) is 4.90 Å². The van der Waals surface area contributed by atoms with Crippen molar-refractivity contribution >= 4 is 5.91 Å². The van der Waals surface area contributed by atoms with Crippen molar-refractivity contribution in [3.05, 3.63) is 0 Å². The van der Waals surface area contributed by atoms with Gasteiger partial charge in [-0.3, -0.25) is 9.69 Å². The van der Waals surface area contributed by atoms with Crippen molar-refractivity contribution in [3.63, 3.8) is 0 Å². The van der Waals surface area contributed by atoms with Crippen LogP contribution in [0, 0.1) is 0 Å². The zero-order chi connectivity index (χ0) is 10.1. The molecule has 1 heterocycles. The Kier molecular flexibility index (Phi) is 2.74. The summed E-state index contributed by atoms with van der Waals surface area (Å²) >= 11 is 0. The van der Waals surface area contributed by atoms with E-state index in [0.717, 1.165) is 39.0 Å². The highest BCUT2D eigenvalue weighted by Crippen LogP contribution is 2.24. The van der Waals surface area contributed by atoms with Gasteiger partial charge in [0.05, 0.1) is 0 Å². The fourth-order valence-electron chi connectivity index (χ4n) is 2.33. The summed E-state index contributed by atoms with van der Waals surface area (Å²) in [6.45, 7) is 5.48. The largest absolute Gasteiger partial charge is 0.340 e. The lowest BCUT2D eigenvalue weighted by Crippen LogP contribution is -2.57. The molecule has 4 heteroatoms. The van der Waals surface area contributed by atoms with Gasteiger partial charge in [-0.2, -0.15) is 0 Å². The summed E-state index contributed by atoms with van der Waals surface area (Å²) in [5.41, 5.74) is 5.76. The van der Waals surface area contributed by atoms with E-state index >= 15 is 0 Å². The molecule has 1 saturated heterocycles. The number of nitrogens with zero attached hydrogens (tertiary/aromatic N) is 2. The van der Waals surface area contributed by atoms with Crippen LogP contribution in [0.4, 0.5) is 0 Å². The Balaban J connectivity index is 1.76. The maximum atomic E-state index is 11.1. The predicted octanol–water partition coefficient (Wildman–Crippen LogP) is -0.360. The molecule has 4 nitrogen and oxygen atoms in total. The predicted molar refractivity (Wildman–Crippen MR) is 54.8 cm³/mol.